The molecular weight excluding hydrogens is 242 g/mol. The molecule has 0 fully saturated rings. The van der Waals surface area contributed by atoms with Crippen LogP contribution in [0.15, 0.2) is 28.7 Å². The second kappa shape index (κ2) is 4.91. The second-order valence-corrected chi connectivity index (χ2v) is 4.58. The first kappa shape index (κ1) is 11.7. The number of nitrogens with two attached hydrogens (primary N) is 1. The smallest absolute Gasteiger partial charge is 0.0812 e. The Kier molecular flexibility index (Phi) is 4.11. The quantitative estimate of drug-likeness (QED) is 0.899. The number of hydrogen-bond donors (Lipinski definition) is 1. The van der Waals surface area contributed by atoms with Crippen LogP contribution >= 0.6 is 15.9 Å². The largest absolute Gasteiger partial charge is 0.377 e. The summed E-state index contributed by atoms with van der Waals surface area (Å²) in [5.41, 5.74) is 6.64. The van der Waals surface area contributed by atoms with Gasteiger partial charge in [-0.15, -0.1) is 0 Å². The van der Waals surface area contributed by atoms with E-state index in [4.69, 9.17) is 10.5 Å². The summed E-state index contributed by atoms with van der Waals surface area (Å²) in [5.74, 6) is 0. The Morgan fingerprint density at radius 3 is 2.36 bits per heavy atom. The third-order valence-corrected chi connectivity index (χ3v) is 2.94. The summed E-state index contributed by atoms with van der Waals surface area (Å²) in [6, 6.07) is 8.22. The zero-order valence-electron chi connectivity index (χ0n) is 8.59. The zero-order chi connectivity index (χ0) is 10.6. The van der Waals surface area contributed by atoms with Crippen LogP contribution in [0.4, 0.5) is 0 Å². The van der Waals surface area contributed by atoms with E-state index in [-0.39, 0.29) is 5.60 Å². The molecule has 0 spiro atoms. The van der Waals surface area contributed by atoms with Gasteiger partial charge in [-0.2, -0.15) is 0 Å². The predicted octanol–water partition coefficient (Wildman–Crippen LogP) is 2.36. The molecule has 14 heavy (non-hydrogen) atoms. The van der Waals surface area contributed by atoms with Crippen LogP contribution in [-0.4, -0.2) is 19.3 Å². The van der Waals surface area contributed by atoms with E-state index in [0.29, 0.717) is 6.54 Å². The van der Waals surface area contributed by atoms with Gasteiger partial charge < -0.3 is 10.5 Å². The zero-order valence-corrected chi connectivity index (χ0v) is 10.2. The fraction of sp³-hybridized carbons (Fsp3) is 0.455. The molecule has 1 unspecified atom stereocenters. The monoisotopic (exact) mass is 257 g/mol. The van der Waals surface area contributed by atoms with Gasteiger partial charge in [0.25, 0.3) is 0 Å². The predicted molar refractivity (Wildman–Crippen MR) is 62.3 cm³/mol. The first-order valence-corrected chi connectivity index (χ1v) is 5.38. The molecule has 0 radical (unpaired) electrons. The molecule has 0 aliphatic heterocycles. The van der Waals surface area contributed by atoms with Crippen molar-refractivity contribution in [3.05, 3.63) is 34.3 Å². The number of benzene rings is 1. The number of halogens is 1. The Bertz CT molecular complexity index is 280. The van der Waals surface area contributed by atoms with Gasteiger partial charge in [0, 0.05) is 24.5 Å². The molecule has 0 aliphatic carbocycles. The number of rotatable bonds is 4. The maximum atomic E-state index is 5.66. The Morgan fingerprint density at radius 2 is 1.93 bits per heavy atom. The normalized spacial score (nSPS) is 15.1. The summed E-state index contributed by atoms with van der Waals surface area (Å²) in [4.78, 5) is 0. The molecule has 0 saturated carbocycles. The Balaban J connectivity index is 2.72. The van der Waals surface area contributed by atoms with Gasteiger partial charge in [0.1, 0.15) is 0 Å². The first-order valence-electron chi connectivity index (χ1n) is 4.59. The molecule has 0 bridgehead atoms. The fourth-order valence-electron chi connectivity index (χ4n) is 1.26. The molecule has 2 nitrogen and oxygen atoms in total. The molecular formula is C11H16BrNO. The SMILES string of the molecule is COC(C)(CN)Cc1ccc(Br)cc1. The van der Waals surface area contributed by atoms with Crippen LogP contribution in [-0.2, 0) is 11.2 Å². The van der Waals surface area contributed by atoms with Crippen molar-refractivity contribution < 1.29 is 4.74 Å². The van der Waals surface area contributed by atoms with Gasteiger partial charge >= 0.3 is 0 Å². The summed E-state index contributed by atoms with van der Waals surface area (Å²) in [5, 5.41) is 0. The molecule has 0 heterocycles. The molecule has 1 aromatic rings. The lowest BCUT2D eigenvalue weighted by molar-refractivity contribution is 0.0143. The highest BCUT2D eigenvalue weighted by Gasteiger charge is 2.21. The van der Waals surface area contributed by atoms with E-state index in [1.54, 1.807) is 7.11 Å². The van der Waals surface area contributed by atoms with Crippen molar-refractivity contribution in [3.63, 3.8) is 0 Å². The van der Waals surface area contributed by atoms with E-state index in [2.05, 4.69) is 28.1 Å². The minimum absolute atomic E-state index is 0.256. The van der Waals surface area contributed by atoms with Gasteiger partial charge in [0.05, 0.1) is 5.60 Å². The van der Waals surface area contributed by atoms with E-state index in [9.17, 15) is 0 Å². The third-order valence-electron chi connectivity index (χ3n) is 2.42. The summed E-state index contributed by atoms with van der Waals surface area (Å²) in [7, 11) is 1.70. The van der Waals surface area contributed by atoms with Gasteiger partial charge in [0.15, 0.2) is 0 Å². The highest BCUT2D eigenvalue weighted by molar-refractivity contribution is 9.10. The van der Waals surface area contributed by atoms with Gasteiger partial charge in [0.2, 0.25) is 0 Å². The minimum atomic E-state index is -0.256. The molecule has 3 heteroatoms. The molecule has 0 amide bonds. The number of ether oxygens (including phenoxy) is 1. The van der Waals surface area contributed by atoms with Crippen LogP contribution in [0.5, 0.6) is 0 Å². The fourth-order valence-corrected chi connectivity index (χ4v) is 1.53. The minimum Gasteiger partial charge on any atom is -0.377 e. The maximum absolute atomic E-state index is 5.66. The van der Waals surface area contributed by atoms with Gasteiger partial charge in [-0.1, -0.05) is 28.1 Å². The van der Waals surface area contributed by atoms with Crippen LogP contribution < -0.4 is 5.73 Å². The highest BCUT2D eigenvalue weighted by atomic mass is 79.9. The average Bonchev–Trinajstić information content (AvgIpc) is 2.21. The van der Waals surface area contributed by atoms with Crippen molar-refractivity contribution >= 4 is 15.9 Å². The lowest BCUT2D eigenvalue weighted by Gasteiger charge is -2.26. The molecule has 0 aromatic heterocycles. The van der Waals surface area contributed by atoms with Crippen LogP contribution in [0, 0.1) is 0 Å². The van der Waals surface area contributed by atoms with Crippen LogP contribution in [0.3, 0.4) is 0 Å². The number of methoxy groups -OCH3 is 1. The van der Waals surface area contributed by atoms with E-state index in [1.165, 1.54) is 5.56 Å². The first-order chi connectivity index (χ1) is 6.59. The molecule has 2 N–H and O–H groups in total. The summed E-state index contributed by atoms with van der Waals surface area (Å²) in [6.45, 7) is 2.55. The van der Waals surface area contributed by atoms with Crippen molar-refractivity contribution in [3.8, 4) is 0 Å². The molecule has 1 aromatic carbocycles. The van der Waals surface area contributed by atoms with Gasteiger partial charge in [-0.05, 0) is 24.6 Å². The maximum Gasteiger partial charge on any atom is 0.0812 e. The van der Waals surface area contributed by atoms with Crippen molar-refractivity contribution in [1.82, 2.24) is 0 Å². The Labute approximate surface area is 93.6 Å². The molecule has 1 rings (SSSR count). The third kappa shape index (κ3) is 3.08. The van der Waals surface area contributed by atoms with E-state index in [0.717, 1.165) is 10.9 Å². The van der Waals surface area contributed by atoms with Crippen molar-refractivity contribution in [2.24, 2.45) is 5.73 Å². The summed E-state index contributed by atoms with van der Waals surface area (Å²) in [6.07, 6.45) is 0.841. The van der Waals surface area contributed by atoms with Gasteiger partial charge in [-0.25, -0.2) is 0 Å². The molecule has 1 atom stereocenters. The Morgan fingerprint density at radius 1 is 1.36 bits per heavy atom. The topological polar surface area (TPSA) is 35.2 Å². The van der Waals surface area contributed by atoms with E-state index in [1.807, 2.05) is 19.1 Å². The molecule has 78 valence electrons. The summed E-state index contributed by atoms with van der Waals surface area (Å²) >= 11 is 3.40. The van der Waals surface area contributed by atoms with Crippen molar-refractivity contribution in [2.45, 2.75) is 18.9 Å². The van der Waals surface area contributed by atoms with Crippen LogP contribution in [0.1, 0.15) is 12.5 Å². The van der Waals surface area contributed by atoms with Crippen LogP contribution in [0.25, 0.3) is 0 Å². The second-order valence-electron chi connectivity index (χ2n) is 3.66. The highest BCUT2D eigenvalue weighted by Crippen LogP contribution is 2.17. The Hall–Kier alpha value is -0.380. The molecule has 0 saturated heterocycles. The molecule has 0 aliphatic rings. The lowest BCUT2D eigenvalue weighted by Crippen LogP contribution is -2.38. The lowest BCUT2D eigenvalue weighted by atomic mass is 9.96. The van der Waals surface area contributed by atoms with E-state index >= 15 is 0 Å². The van der Waals surface area contributed by atoms with Gasteiger partial charge in [-0.3, -0.25) is 0 Å². The standard InChI is InChI=1S/C11H16BrNO/c1-11(8-13,14-2)7-9-3-5-10(12)6-4-9/h3-6H,7-8,13H2,1-2H3. The van der Waals surface area contributed by atoms with Crippen molar-refractivity contribution in [2.75, 3.05) is 13.7 Å². The number of hydrogen-bond acceptors (Lipinski definition) is 2. The summed E-state index contributed by atoms with van der Waals surface area (Å²) < 4.78 is 6.48. The van der Waals surface area contributed by atoms with Crippen molar-refractivity contribution in [1.29, 1.82) is 0 Å². The van der Waals surface area contributed by atoms with E-state index < -0.39 is 0 Å². The van der Waals surface area contributed by atoms with Crippen LogP contribution in [0.2, 0.25) is 0 Å². The average molecular weight is 258 g/mol.